The van der Waals surface area contributed by atoms with Crippen molar-refractivity contribution in [1.82, 2.24) is 0 Å². The summed E-state index contributed by atoms with van der Waals surface area (Å²) in [6.45, 7) is 0. The van der Waals surface area contributed by atoms with E-state index in [1.54, 1.807) is 0 Å². The molecule has 1 aliphatic rings. The van der Waals surface area contributed by atoms with Crippen molar-refractivity contribution in [3.8, 4) is 33.4 Å². The van der Waals surface area contributed by atoms with E-state index in [0.29, 0.717) is 0 Å². The Balaban J connectivity index is 1.12. The molecule has 1 aliphatic carbocycles. The Morgan fingerprint density at radius 3 is 1.28 bits per heavy atom. The molecule has 10 aromatic carbocycles. The van der Waals surface area contributed by atoms with Gasteiger partial charge in [-0.3, -0.25) is 0 Å². The molecule has 0 amide bonds. The predicted molar refractivity (Wildman–Crippen MR) is 244 cm³/mol. The minimum absolute atomic E-state index is 0.484. The van der Waals surface area contributed by atoms with Crippen LogP contribution in [0.5, 0.6) is 0 Å². The molecular weight excluding hydrogens is 699 g/mol. The second-order valence-corrected chi connectivity index (χ2v) is 15.2. The Hall–Kier alpha value is -7.48. The van der Waals surface area contributed by atoms with Gasteiger partial charge in [-0.2, -0.15) is 0 Å². The van der Waals surface area contributed by atoms with Gasteiger partial charge in [-0.25, -0.2) is 0 Å². The van der Waals surface area contributed by atoms with Crippen LogP contribution in [0.3, 0.4) is 0 Å². The van der Waals surface area contributed by atoms with E-state index < -0.39 is 5.41 Å². The van der Waals surface area contributed by atoms with E-state index in [1.165, 1.54) is 77.2 Å². The smallest absolute Gasteiger partial charge is 0.0714 e. The highest BCUT2D eigenvalue weighted by Crippen LogP contribution is 2.57. The molecule has 0 unspecified atom stereocenters. The lowest BCUT2D eigenvalue weighted by molar-refractivity contribution is 0.768. The Kier molecular flexibility index (Phi) is 8.12. The van der Waals surface area contributed by atoms with Crippen molar-refractivity contribution in [2.24, 2.45) is 0 Å². The number of para-hydroxylation sites is 1. The summed E-state index contributed by atoms with van der Waals surface area (Å²) in [6.07, 6.45) is 0. The van der Waals surface area contributed by atoms with Gasteiger partial charge < -0.3 is 4.90 Å². The van der Waals surface area contributed by atoms with Crippen LogP contribution in [0, 0.1) is 0 Å². The van der Waals surface area contributed by atoms with E-state index in [1.807, 2.05) is 0 Å². The standard InChI is InChI=1S/C57H39N/c1-5-19-40(20-6-1)55-51-30-15-13-27-47(51)48-28-14-16-31-52(48)56(55)41-33-35-45(36-34-41)58(44-25-11-4-12-26-44)46-37-38-50-49-29-17-18-32-53(49)57(54(50)39-46,42-21-7-2-8-22-42)43-23-9-3-10-24-43/h1-39H. The third-order valence-electron chi connectivity index (χ3n) is 12.1. The van der Waals surface area contributed by atoms with E-state index in [9.17, 15) is 0 Å². The Morgan fingerprint density at radius 2 is 0.690 bits per heavy atom. The molecule has 0 N–H and O–H groups in total. The fourth-order valence-corrected chi connectivity index (χ4v) is 9.72. The first-order valence-corrected chi connectivity index (χ1v) is 20.1. The molecular formula is C57H39N. The lowest BCUT2D eigenvalue weighted by Crippen LogP contribution is -2.28. The van der Waals surface area contributed by atoms with Crippen molar-refractivity contribution in [2.75, 3.05) is 4.90 Å². The largest absolute Gasteiger partial charge is 0.310 e. The summed E-state index contributed by atoms with van der Waals surface area (Å²) in [5, 5.41) is 5.05. The maximum absolute atomic E-state index is 2.45. The van der Waals surface area contributed by atoms with Gasteiger partial charge in [0.05, 0.1) is 5.41 Å². The molecule has 1 heteroatoms. The molecule has 0 bridgehead atoms. The van der Waals surface area contributed by atoms with Gasteiger partial charge in [0, 0.05) is 17.1 Å². The van der Waals surface area contributed by atoms with E-state index in [4.69, 9.17) is 0 Å². The average Bonchev–Trinajstić information content (AvgIpc) is 3.60. The second-order valence-electron chi connectivity index (χ2n) is 15.2. The lowest BCUT2D eigenvalue weighted by Gasteiger charge is -2.35. The molecule has 0 saturated heterocycles. The first-order chi connectivity index (χ1) is 28.8. The predicted octanol–water partition coefficient (Wildman–Crippen LogP) is 15.2. The molecule has 0 fully saturated rings. The highest BCUT2D eigenvalue weighted by Gasteiger charge is 2.46. The summed E-state index contributed by atoms with van der Waals surface area (Å²) in [5.74, 6) is 0. The molecule has 272 valence electrons. The van der Waals surface area contributed by atoms with Crippen LogP contribution in [0.15, 0.2) is 237 Å². The molecule has 0 heterocycles. The van der Waals surface area contributed by atoms with Crippen molar-refractivity contribution >= 4 is 38.6 Å². The summed E-state index contributed by atoms with van der Waals surface area (Å²) in [5.41, 5.74) is 15.4. The van der Waals surface area contributed by atoms with Crippen LogP contribution in [-0.4, -0.2) is 0 Å². The molecule has 0 saturated carbocycles. The number of nitrogens with zero attached hydrogens (tertiary/aromatic N) is 1. The van der Waals surface area contributed by atoms with E-state index in [-0.39, 0.29) is 0 Å². The second kappa shape index (κ2) is 13.9. The van der Waals surface area contributed by atoms with Gasteiger partial charge in [0.15, 0.2) is 0 Å². The van der Waals surface area contributed by atoms with Gasteiger partial charge in [-0.15, -0.1) is 0 Å². The van der Waals surface area contributed by atoms with Crippen LogP contribution in [0.25, 0.3) is 54.9 Å². The molecule has 0 spiro atoms. The van der Waals surface area contributed by atoms with Crippen LogP contribution in [0.2, 0.25) is 0 Å². The first-order valence-electron chi connectivity index (χ1n) is 20.1. The minimum Gasteiger partial charge on any atom is -0.310 e. The monoisotopic (exact) mass is 737 g/mol. The number of hydrogen-bond donors (Lipinski definition) is 0. The SMILES string of the molecule is c1ccc(-c2c(-c3ccc(N(c4ccccc4)c4ccc5c(c4)C(c4ccccc4)(c4ccccc4)c4ccccc4-5)cc3)c3ccccc3c3ccccc23)cc1. The summed E-state index contributed by atoms with van der Waals surface area (Å²) in [6, 6.07) is 86.7. The maximum atomic E-state index is 2.45. The van der Waals surface area contributed by atoms with Crippen LogP contribution in [0.1, 0.15) is 22.3 Å². The highest BCUT2D eigenvalue weighted by molar-refractivity contribution is 6.21. The number of fused-ring (bicyclic) bond motifs is 6. The van der Waals surface area contributed by atoms with Gasteiger partial charge in [0.25, 0.3) is 0 Å². The topological polar surface area (TPSA) is 3.24 Å². The van der Waals surface area contributed by atoms with Crippen LogP contribution in [0.4, 0.5) is 17.1 Å². The molecule has 0 radical (unpaired) electrons. The van der Waals surface area contributed by atoms with Crippen molar-refractivity contribution in [2.45, 2.75) is 5.41 Å². The quantitative estimate of drug-likeness (QED) is 0.147. The van der Waals surface area contributed by atoms with Crippen molar-refractivity contribution in [3.05, 3.63) is 259 Å². The van der Waals surface area contributed by atoms with Crippen LogP contribution >= 0.6 is 0 Å². The van der Waals surface area contributed by atoms with Crippen molar-refractivity contribution in [1.29, 1.82) is 0 Å². The first kappa shape index (κ1) is 33.8. The fourth-order valence-electron chi connectivity index (χ4n) is 9.72. The van der Waals surface area contributed by atoms with Gasteiger partial charge in [-0.1, -0.05) is 200 Å². The zero-order chi connectivity index (χ0) is 38.5. The number of rotatable bonds is 7. The summed E-state index contributed by atoms with van der Waals surface area (Å²) in [4.78, 5) is 2.41. The van der Waals surface area contributed by atoms with E-state index in [2.05, 4.69) is 241 Å². The van der Waals surface area contributed by atoms with Gasteiger partial charge in [-0.05, 0) is 114 Å². The molecule has 1 nitrogen and oxygen atoms in total. The molecule has 0 atom stereocenters. The zero-order valence-electron chi connectivity index (χ0n) is 32.0. The van der Waals surface area contributed by atoms with E-state index >= 15 is 0 Å². The molecule has 0 aromatic heterocycles. The molecule has 11 rings (SSSR count). The summed E-state index contributed by atoms with van der Waals surface area (Å²) >= 11 is 0. The average molecular weight is 738 g/mol. The lowest BCUT2D eigenvalue weighted by atomic mass is 9.67. The Labute approximate surface area is 339 Å². The third kappa shape index (κ3) is 5.25. The Morgan fingerprint density at radius 1 is 0.276 bits per heavy atom. The van der Waals surface area contributed by atoms with Gasteiger partial charge in [0.1, 0.15) is 0 Å². The molecule has 10 aromatic rings. The summed E-state index contributed by atoms with van der Waals surface area (Å²) in [7, 11) is 0. The van der Waals surface area contributed by atoms with Crippen LogP contribution in [-0.2, 0) is 5.41 Å². The fraction of sp³-hybridized carbons (Fsp3) is 0.0175. The van der Waals surface area contributed by atoms with Gasteiger partial charge >= 0.3 is 0 Å². The third-order valence-corrected chi connectivity index (χ3v) is 12.1. The van der Waals surface area contributed by atoms with E-state index in [0.717, 1.165) is 17.1 Å². The van der Waals surface area contributed by atoms with Crippen molar-refractivity contribution in [3.63, 3.8) is 0 Å². The normalized spacial score (nSPS) is 12.6. The minimum atomic E-state index is -0.484. The van der Waals surface area contributed by atoms with Crippen LogP contribution < -0.4 is 4.90 Å². The molecule has 0 aliphatic heterocycles. The zero-order valence-corrected chi connectivity index (χ0v) is 32.0. The van der Waals surface area contributed by atoms with Gasteiger partial charge in [0.2, 0.25) is 0 Å². The summed E-state index contributed by atoms with van der Waals surface area (Å²) < 4.78 is 0. The molecule has 58 heavy (non-hydrogen) atoms. The van der Waals surface area contributed by atoms with Crippen molar-refractivity contribution < 1.29 is 0 Å². The maximum Gasteiger partial charge on any atom is 0.0714 e. The Bertz CT molecular complexity index is 3040. The highest BCUT2D eigenvalue weighted by atomic mass is 15.1. The number of anilines is 3. The number of hydrogen-bond acceptors (Lipinski definition) is 1. The number of benzene rings is 10.